The van der Waals surface area contributed by atoms with Gasteiger partial charge in [0.1, 0.15) is 0 Å². The Morgan fingerprint density at radius 1 is 0.367 bits per heavy atom. The SMILES string of the molecule is N#Cc1ccc2c(c1)c1cc(-c3cc4c5ccccc5c(-c5ccc6ccccc6c5)cc4c4ccccc34)ccc1n2-c1ccccc1. The first-order valence-corrected chi connectivity index (χ1v) is 16.7. The summed E-state index contributed by atoms with van der Waals surface area (Å²) >= 11 is 0. The van der Waals surface area contributed by atoms with Gasteiger partial charge in [-0.25, -0.2) is 0 Å². The molecule has 0 spiro atoms. The molecule has 0 aliphatic heterocycles. The lowest BCUT2D eigenvalue weighted by atomic mass is 9.87. The van der Waals surface area contributed by atoms with Gasteiger partial charge in [-0.05, 0) is 126 Å². The summed E-state index contributed by atoms with van der Waals surface area (Å²) in [6.45, 7) is 0. The predicted octanol–water partition coefficient (Wildman–Crippen LogP) is 12.6. The number of fused-ring (bicyclic) bond motifs is 9. The number of nitrogens with zero attached hydrogens (tertiary/aromatic N) is 2. The second-order valence-electron chi connectivity index (χ2n) is 12.8. The Hall–Kier alpha value is -6.69. The molecule has 0 bridgehead atoms. The normalized spacial score (nSPS) is 11.7. The lowest BCUT2D eigenvalue weighted by Gasteiger charge is -2.16. The third kappa shape index (κ3) is 4.20. The molecule has 0 aliphatic carbocycles. The molecule has 0 amide bonds. The molecule has 2 heteroatoms. The molecule has 49 heavy (non-hydrogen) atoms. The lowest BCUT2D eigenvalue weighted by molar-refractivity contribution is 1.18. The van der Waals surface area contributed by atoms with E-state index in [2.05, 4.69) is 162 Å². The summed E-state index contributed by atoms with van der Waals surface area (Å²) in [6.07, 6.45) is 0. The van der Waals surface area contributed by atoms with Crippen molar-refractivity contribution < 1.29 is 0 Å². The average Bonchev–Trinajstić information content (AvgIpc) is 3.50. The Balaban J connectivity index is 1.26. The highest BCUT2D eigenvalue weighted by Crippen LogP contribution is 2.43. The zero-order chi connectivity index (χ0) is 32.5. The quantitative estimate of drug-likeness (QED) is 0.181. The molecule has 10 aromatic rings. The predicted molar refractivity (Wildman–Crippen MR) is 206 cm³/mol. The number of rotatable bonds is 3. The van der Waals surface area contributed by atoms with Crippen molar-refractivity contribution in [3.8, 4) is 34.0 Å². The molecule has 0 unspecified atom stereocenters. The van der Waals surface area contributed by atoms with Crippen molar-refractivity contribution in [3.05, 3.63) is 175 Å². The molecular formula is C47H28N2. The number of benzene rings is 9. The molecule has 2 nitrogen and oxygen atoms in total. The van der Waals surface area contributed by atoms with Gasteiger partial charge in [-0.2, -0.15) is 5.26 Å². The topological polar surface area (TPSA) is 28.7 Å². The molecule has 0 saturated heterocycles. The first-order chi connectivity index (χ1) is 24.2. The monoisotopic (exact) mass is 620 g/mol. The van der Waals surface area contributed by atoms with Crippen LogP contribution in [-0.4, -0.2) is 4.57 Å². The van der Waals surface area contributed by atoms with Gasteiger partial charge in [-0.15, -0.1) is 0 Å². The average molecular weight is 621 g/mol. The van der Waals surface area contributed by atoms with E-state index in [4.69, 9.17) is 0 Å². The lowest BCUT2D eigenvalue weighted by Crippen LogP contribution is -1.93. The highest BCUT2D eigenvalue weighted by Gasteiger charge is 2.17. The van der Waals surface area contributed by atoms with Gasteiger partial charge in [0.2, 0.25) is 0 Å². The van der Waals surface area contributed by atoms with Crippen LogP contribution in [0, 0.1) is 11.3 Å². The van der Waals surface area contributed by atoms with Crippen LogP contribution < -0.4 is 0 Å². The Morgan fingerprint density at radius 3 is 1.57 bits per heavy atom. The first kappa shape index (κ1) is 27.4. The van der Waals surface area contributed by atoms with Crippen LogP contribution in [0.5, 0.6) is 0 Å². The van der Waals surface area contributed by atoms with E-state index in [1.807, 2.05) is 18.2 Å². The largest absolute Gasteiger partial charge is 0.309 e. The van der Waals surface area contributed by atoms with Crippen molar-refractivity contribution >= 4 is 64.9 Å². The number of hydrogen-bond donors (Lipinski definition) is 0. The van der Waals surface area contributed by atoms with Gasteiger partial charge >= 0.3 is 0 Å². The fraction of sp³-hybridized carbons (Fsp3) is 0. The van der Waals surface area contributed by atoms with E-state index < -0.39 is 0 Å². The Labute approximate surface area is 283 Å². The number of nitriles is 1. The molecule has 9 aromatic carbocycles. The summed E-state index contributed by atoms with van der Waals surface area (Å²) in [4.78, 5) is 0. The summed E-state index contributed by atoms with van der Waals surface area (Å²) < 4.78 is 2.30. The molecule has 0 radical (unpaired) electrons. The third-order valence-electron chi connectivity index (χ3n) is 10.2. The second-order valence-corrected chi connectivity index (χ2v) is 12.8. The van der Waals surface area contributed by atoms with Crippen molar-refractivity contribution in [1.29, 1.82) is 5.26 Å². The van der Waals surface area contributed by atoms with E-state index >= 15 is 0 Å². The van der Waals surface area contributed by atoms with Gasteiger partial charge in [-0.1, -0.05) is 109 Å². The van der Waals surface area contributed by atoms with Crippen LogP contribution in [0.25, 0.3) is 92.8 Å². The molecule has 0 aliphatic rings. The van der Waals surface area contributed by atoms with Gasteiger partial charge in [0, 0.05) is 16.5 Å². The highest BCUT2D eigenvalue weighted by molar-refractivity contribution is 6.24. The van der Waals surface area contributed by atoms with Crippen LogP contribution in [0.15, 0.2) is 170 Å². The summed E-state index contributed by atoms with van der Waals surface area (Å²) in [6, 6.07) is 63.4. The van der Waals surface area contributed by atoms with Crippen molar-refractivity contribution in [3.63, 3.8) is 0 Å². The first-order valence-electron chi connectivity index (χ1n) is 16.7. The van der Waals surface area contributed by atoms with Crippen molar-refractivity contribution in [2.24, 2.45) is 0 Å². The maximum atomic E-state index is 9.81. The Morgan fingerprint density at radius 2 is 0.898 bits per heavy atom. The highest BCUT2D eigenvalue weighted by atomic mass is 15.0. The maximum Gasteiger partial charge on any atom is 0.0991 e. The Kier molecular flexibility index (Phi) is 5.97. The Bertz CT molecular complexity index is 3000. The van der Waals surface area contributed by atoms with Gasteiger partial charge in [0.05, 0.1) is 22.7 Å². The van der Waals surface area contributed by atoms with Crippen molar-refractivity contribution in [2.75, 3.05) is 0 Å². The van der Waals surface area contributed by atoms with Gasteiger partial charge in [0.15, 0.2) is 0 Å². The van der Waals surface area contributed by atoms with E-state index in [1.54, 1.807) is 0 Å². The van der Waals surface area contributed by atoms with Crippen LogP contribution in [-0.2, 0) is 0 Å². The van der Waals surface area contributed by atoms with E-state index in [0.29, 0.717) is 5.56 Å². The van der Waals surface area contributed by atoms with Gasteiger partial charge in [-0.3, -0.25) is 0 Å². The van der Waals surface area contributed by atoms with E-state index in [9.17, 15) is 5.26 Å². The number of para-hydroxylation sites is 1. The fourth-order valence-corrected chi connectivity index (χ4v) is 7.90. The number of hydrogen-bond acceptors (Lipinski definition) is 1. The molecule has 1 heterocycles. The molecule has 0 N–H and O–H groups in total. The van der Waals surface area contributed by atoms with E-state index in [-0.39, 0.29) is 0 Å². The zero-order valence-electron chi connectivity index (χ0n) is 26.6. The minimum absolute atomic E-state index is 0.662. The van der Waals surface area contributed by atoms with Crippen LogP contribution in [0.3, 0.4) is 0 Å². The molecule has 0 atom stereocenters. The maximum absolute atomic E-state index is 9.81. The van der Waals surface area contributed by atoms with Gasteiger partial charge < -0.3 is 4.57 Å². The fourth-order valence-electron chi connectivity index (χ4n) is 7.90. The zero-order valence-corrected chi connectivity index (χ0v) is 26.6. The van der Waals surface area contributed by atoms with Crippen LogP contribution in [0.2, 0.25) is 0 Å². The molecule has 1 aromatic heterocycles. The summed E-state index contributed by atoms with van der Waals surface area (Å²) in [7, 11) is 0. The van der Waals surface area contributed by atoms with E-state index in [0.717, 1.165) is 33.1 Å². The molecule has 10 rings (SSSR count). The minimum atomic E-state index is 0.662. The smallest absolute Gasteiger partial charge is 0.0991 e. The summed E-state index contributed by atoms with van der Waals surface area (Å²) in [5.41, 5.74) is 8.80. The van der Waals surface area contributed by atoms with Gasteiger partial charge in [0.25, 0.3) is 0 Å². The summed E-state index contributed by atoms with van der Waals surface area (Å²) in [5, 5.41) is 22.0. The summed E-state index contributed by atoms with van der Waals surface area (Å²) in [5.74, 6) is 0. The molecule has 226 valence electrons. The standard InChI is InChI=1S/C47H28N2/c48-29-30-18-22-46-44(24-30)45-26-34(21-23-47(45)49(46)35-12-2-1-3-13-35)41-28-43-38-16-8-6-14-36(38)40(27-42(43)39-17-9-7-15-37(39)41)33-20-19-31-10-4-5-11-32(31)25-33/h1-28H. The van der Waals surface area contributed by atoms with E-state index in [1.165, 1.54) is 59.8 Å². The molecule has 0 fully saturated rings. The van der Waals surface area contributed by atoms with Crippen LogP contribution >= 0.6 is 0 Å². The van der Waals surface area contributed by atoms with Crippen molar-refractivity contribution in [1.82, 2.24) is 4.57 Å². The minimum Gasteiger partial charge on any atom is -0.309 e. The molecule has 0 saturated carbocycles. The van der Waals surface area contributed by atoms with Crippen LogP contribution in [0.1, 0.15) is 5.56 Å². The molecular weight excluding hydrogens is 593 g/mol. The van der Waals surface area contributed by atoms with Crippen molar-refractivity contribution in [2.45, 2.75) is 0 Å². The van der Waals surface area contributed by atoms with Crippen LogP contribution in [0.4, 0.5) is 0 Å². The second kappa shape index (κ2) is 10.7. The number of aromatic nitrogens is 1. The third-order valence-corrected chi connectivity index (χ3v) is 10.2.